The molecule has 10 heteroatoms. The molecular weight excluding hydrogens is 602 g/mol. The van der Waals surface area contributed by atoms with Gasteiger partial charge in [0.25, 0.3) is 5.91 Å². The third-order valence-corrected chi connectivity index (χ3v) is 11.3. The minimum atomic E-state index is -0.260. The zero-order valence-electron chi connectivity index (χ0n) is 27.9. The second kappa shape index (κ2) is 10.4. The maximum absolute atomic E-state index is 13.8. The number of amides is 2. The fourth-order valence-corrected chi connectivity index (χ4v) is 8.55. The normalized spacial score (nSPS) is 22.8. The number of pyridine rings is 1. The number of imidazole rings is 1. The van der Waals surface area contributed by atoms with Crippen molar-refractivity contribution in [2.24, 2.45) is 24.6 Å². The van der Waals surface area contributed by atoms with Crippen LogP contribution in [0.3, 0.4) is 0 Å². The molecule has 48 heavy (non-hydrogen) atoms. The number of likely N-dealkylation sites (tertiary alicyclic amines) is 1. The maximum Gasteiger partial charge on any atom is 0.254 e. The van der Waals surface area contributed by atoms with Gasteiger partial charge in [0.1, 0.15) is 16.9 Å². The van der Waals surface area contributed by atoms with Gasteiger partial charge in [-0.05, 0) is 85.5 Å². The lowest BCUT2D eigenvalue weighted by atomic mass is 9.77. The largest absolute Gasteiger partial charge is 0.494 e. The highest BCUT2D eigenvalue weighted by molar-refractivity contribution is 6.01. The van der Waals surface area contributed by atoms with Gasteiger partial charge in [-0.3, -0.25) is 9.59 Å². The van der Waals surface area contributed by atoms with Crippen molar-refractivity contribution in [2.75, 3.05) is 19.0 Å². The molecule has 3 atom stereocenters. The van der Waals surface area contributed by atoms with Gasteiger partial charge in [-0.25, -0.2) is 9.97 Å². The second-order valence-corrected chi connectivity index (χ2v) is 15.0. The number of hydrogen-bond acceptors (Lipinski definition) is 6. The lowest BCUT2D eigenvalue weighted by molar-refractivity contribution is -0.117. The zero-order valence-corrected chi connectivity index (χ0v) is 27.9. The average molecular weight is 644 g/mol. The second-order valence-electron chi connectivity index (χ2n) is 15.0. The van der Waals surface area contributed by atoms with E-state index in [-0.39, 0.29) is 29.3 Å². The lowest BCUT2D eigenvalue weighted by Gasteiger charge is -2.32. The summed E-state index contributed by atoms with van der Waals surface area (Å²) in [5.41, 5.74) is 14.2. The van der Waals surface area contributed by atoms with Gasteiger partial charge in [0.2, 0.25) is 5.91 Å². The SMILES string of the molecule is COc1cc(C(=O)N2C[C@H]3CC[C@@H]2[C@@H]3N)cc2nc(-c3cc4ccc(-c5ccc6c(c5)C(C)(C)CC(=O)N6)nc4n3CC3CC3)n(C)c12. The van der Waals surface area contributed by atoms with Crippen LogP contribution in [-0.4, -0.2) is 61.6 Å². The average Bonchev–Trinajstić information content (AvgIpc) is 3.47. The summed E-state index contributed by atoms with van der Waals surface area (Å²) in [7, 11) is 3.66. The predicted octanol–water partition coefficient (Wildman–Crippen LogP) is 5.86. The highest BCUT2D eigenvalue weighted by Gasteiger charge is 2.47. The Kier molecular flexibility index (Phi) is 6.38. The molecule has 0 spiro atoms. The number of fused-ring (bicyclic) bond motifs is 5. The number of nitrogens with zero attached hydrogens (tertiary/aromatic N) is 5. The van der Waals surface area contributed by atoms with Crippen LogP contribution in [0.2, 0.25) is 0 Å². The summed E-state index contributed by atoms with van der Waals surface area (Å²) < 4.78 is 10.3. The van der Waals surface area contributed by atoms with Crippen molar-refractivity contribution in [2.45, 2.75) is 70.0 Å². The number of methoxy groups -OCH3 is 1. The van der Waals surface area contributed by atoms with Crippen LogP contribution < -0.4 is 15.8 Å². The number of nitrogens with two attached hydrogens (primary N) is 1. The van der Waals surface area contributed by atoms with Crippen LogP contribution in [0.25, 0.3) is 44.8 Å². The van der Waals surface area contributed by atoms with Gasteiger partial charge < -0.3 is 29.8 Å². The van der Waals surface area contributed by atoms with Crippen LogP contribution in [0, 0.1) is 11.8 Å². The summed E-state index contributed by atoms with van der Waals surface area (Å²) in [6, 6.07) is 16.6. The molecule has 3 fully saturated rings. The van der Waals surface area contributed by atoms with Crippen LogP contribution in [0.5, 0.6) is 5.75 Å². The monoisotopic (exact) mass is 643 g/mol. The van der Waals surface area contributed by atoms with Gasteiger partial charge in [0, 0.05) is 66.3 Å². The number of ether oxygens (including phenoxy) is 1. The number of benzene rings is 2. The van der Waals surface area contributed by atoms with Gasteiger partial charge >= 0.3 is 0 Å². The molecule has 2 amide bonds. The Bertz CT molecular complexity index is 2170. The molecule has 9 rings (SSSR count). The Balaban J connectivity index is 1.14. The van der Waals surface area contributed by atoms with Crippen LogP contribution >= 0.6 is 0 Å². The molecule has 3 aromatic heterocycles. The van der Waals surface area contributed by atoms with E-state index in [1.807, 2.05) is 36.2 Å². The Hall–Kier alpha value is -4.70. The number of piperidine rings is 1. The molecule has 2 aliphatic carbocycles. The van der Waals surface area contributed by atoms with Crippen molar-refractivity contribution in [3.8, 4) is 28.5 Å². The molecule has 5 aromatic rings. The highest BCUT2D eigenvalue weighted by Crippen LogP contribution is 2.42. The molecule has 5 heterocycles. The van der Waals surface area contributed by atoms with E-state index in [1.54, 1.807) is 7.11 Å². The van der Waals surface area contributed by atoms with Crippen molar-refractivity contribution in [3.05, 3.63) is 59.7 Å². The summed E-state index contributed by atoms with van der Waals surface area (Å²) in [5.74, 6) is 2.47. The summed E-state index contributed by atoms with van der Waals surface area (Å²) in [4.78, 5) is 38.4. The molecule has 3 N–H and O–H groups in total. The Labute approximate surface area is 279 Å². The van der Waals surface area contributed by atoms with Gasteiger partial charge in [-0.15, -0.1) is 0 Å². The third kappa shape index (κ3) is 4.48. The topological polar surface area (TPSA) is 120 Å². The van der Waals surface area contributed by atoms with Crippen molar-refractivity contribution in [1.82, 2.24) is 24.0 Å². The molecular formula is C38H41N7O3. The van der Waals surface area contributed by atoms with Gasteiger partial charge in [-0.2, -0.15) is 0 Å². The number of aromatic nitrogens is 4. The standard InChI is InChI=1S/C38H41N7O3/c1-38(2)17-32(46)40-27-11-7-21(13-25(27)38)26-10-8-22-15-30(44(35(22)41-26)18-20-5-6-20)36-42-28-14-24(16-31(48-4)34(28)43(36)3)37(47)45-19-23-9-12-29(45)33(23)39/h7-8,10-11,13-16,20,23,29,33H,5-6,9,12,17-19,39H2,1-4H3,(H,40,46)/t23-,29-,33-/m1/s1. The van der Waals surface area contributed by atoms with Crippen LogP contribution in [0.4, 0.5) is 5.69 Å². The number of carbonyl (C=O) groups is 2. The first-order valence-corrected chi connectivity index (χ1v) is 17.2. The highest BCUT2D eigenvalue weighted by atomic mass is 16.5. The fraction of sp³-hybridized carbons (Fsp3) is 0.421. The van der Waals surface area contributed by atoms with Crippen molar-refractivity contribution in [1.29, 1.82) is 0 Å². The number of hydrogen-bond donors (Lipinski definition) is 2. The first-order chi connectivity index (χ1) is 23.1. The number of aryl methyl sites for hydroxylation is 1. The van der Waals surface area contributed by atoms with Crippen molar-refractivity contribution in [3.63, 3.8) is 0 Å². The smallest absolute Gasteiger partial charge is 0.254 e. The van der Waals surface area contributed by atoms with Gasteiger partial charge in [0.15, 0.2) is 5.82 Å². The first-order valence-electron chi connectivity index (χ1n) is 17.2. The fourth-order valence-electron chi connectivity index (χ4n) is 8.55. The van der Waals surface area contributed by atoms with Crippen LogP contribution in [0.15, 0.2) is 48.5 Å². The van der Waals surface area contributed by atoms with E-state index in [1.165, 1.54) is 12.8 Å². The van der Waals surface area contributed by atoms with Gasteiger partial charge in [0.05, 0.1) is 24.0 Å². The molecule has 10 nitrogen and oxygen atoms in total. The maximum atomic E-state index is 13.8. The predicted molar refractivity (Wildman–Crippen MR) is 186 cm³/mol. The summed E-state index contributed by atoms with van der Waals surface area (Å²) in [6.45, 7) is 5.82. The van der Waals surface area contributed by atoms with Gasteiger partial charge in [-0.1, -0.05) is 19.9 Å². The molecule has 2 bridgehead atoms. The third-order valence-electron chi connectivity index (χ3n) is 11.3. The van der Waals surface area contributed by atoms with E-state index in [2.05, 4.69) is 52.6 Å². The summed E-state index contributed by atoms with van der Waals surface area (Å²) in [5, 5.41) is 4.08. The molecule has 0 radical (unpaired) electrons. The Morgan fingerprint density at radius 2 is 1.90 bits per heavy atom. The Morgan fingerprint density at radius 3 is 2.62 bits per heavy atom. The number of nitrogens with one attached hydrogen (secondary N) is 1. The Morgan fingerprint density at radius 1 is 1.06 bits per heavy atom. The quantitative estimate of drug-likeness (QED) is 0.239. The van der Waals surface area contributed by atoms with Crippen molar-refractivity contribution < 1.29 is 14.3 Å². The molecule has 4 aliphatic rings. The van der Waals surface area contributed by atoms with Crippen LogP contribution in [0.1, 0.15) is 61.9 Å². The molecule has 2 aromatic carbocycles. The molecule has 2 aliphatic heterocycles. The van der Waals surface area contributed by atoms with E-state index in [0.29, 0.717) is 36.1 Å². The van der Waals surface area contributed by atoms with E-state index >= 15 is 0 Å². The van der Waals surface area contributed by atoms with E-state index in [9.17, 15) is 9.59 Å². The molecule has 2 saturated carbocycles. The van der Waals surface area contributed by atoms with E-state index in [4.69, 9.17) is 20.4 Å². The minimum Gasteiger partial charge on any atom is -0.494 e. The molecule has 0 unspecified atom stereocenters. The number of anilines is 1. The number of carbonyl (C=O) groups excluding carboxylic acids is 2. The van der Waals surface area contributed by atoms with Crippen molar-refractivity contribution >= 4 is 39.6 Å². The van der Waals surface area contributed by atoms with E-state index < -0.39 is 0 Å². The zero-order chi connectivity index (χ0) is 33.1. The number of rotatable bonds is 6. The molecule has 246 valence electrons. The first kappa shape index (κ1) is 29.4. The summed E-state index contributed by atoms with van der Waals surface area (Å²) in [6.07, 6.45) is 4.92. The van der Waals surface area contributed by atoms with Crippen LogP contribution in [-0.2, 0) is 23.8 Å². The molecule has 1 saturated heterocycles. The lowest BCUT2D eigenvalue weighted by Crippen LogP contribution is -2.41. The summed E-state index contributed by atoms with van der Waals surface area (Å²) >= 11 is 0. The van der Waals surface area contributed by atoms with E-state index in [0.717, 1.165) is 75.5 Å². The minimum absolute atomic E-state index is 0.00224.